The van der Waals surface area contributed by atoms with E-state index in [-0.39, 0.29) is 10.7 Å². The predicted octanol–water partition coefficient (Wildman–Crippen LogP) is 4.63. The second-order valence-electron chi connectivity index (χ2n) is 7.29. The van der Waals surface area contributed by atoms with Gasteiger partial charge < -0.3 is 0 Å². The van der Waals surface area contributed by atoms with E-state index in [1.807, 2.05) is 13.8 Å². The molecule has 1 heterocycles. The van der Waals surface area contributed by atoms with Gasteiger partial charge in [-0.2, -0.15) is 5.10 Å². The second-order valence-corrected chi connectivity index (χ2v) is 8.98. The van der Waals surface area contributed by atoms with Crippen molar-refractivity contribution >= 4 is 15.8 Å². The van der Waals surface area contributed by atoms with Gasteiger partial charge in [0, 0.05) is 12.3 Å². The van der Waals surface area contributed by atoms with Gasteiger partial charge in [-0.3, -0.25) is 9.40 Å². The molecular formula is C20H18F5N3O2S. The fraction of sp³-hybridized carbons (Fsp3) is 0.250. The van der Waals surface area contributed by atoms with Gasteiger partial charge in [-0.15, -0.1) is 0 Å². The average molecular weight is 459 g/mol. The molecular weight excluding hydrogens is 441 g/mol. The van der Waals surface area contributed by atoms with Gasteiger partial charge in [-0.05, 0) is 30.0 Å². The lowest BCUT2D eigenvalue weighted by molar-refractivity contribution is 0.367. The smallest absolute Gasteiger partial charge is 0.263 e. The Hall–Kier alpha value is -2.95. The molecule has 166 valence electrons. The number of anilines is 1. The van der Waals surface area contributed by atoms with Crippen LogP contribution in [0.15, 0.2) is 41.4 Å². The number of halogens is 5. The van der Waals surface area contributed by atoms with Crippen LogP contribution < -0.4 is 4.72 Å². The first-order chi connectivity index (χ1) is 14.5. The third-order valence-electron chi connectivity index (χ3n) is 4.38. The molecule has 0 aliphatic rings. The summed E-state index contributed by atoms with van der Waals surface area (Å²) in [5.74, 6) is -10.1. The lowest BCUT2D eigenvalue weighted by Gasteiger charge is -2.09. The third kappa shape index (κ3) is 4.87. The Morgan fingerprint density at radius 2 is 1.45 bits per heavy atom. The molecule has 1 aromatic heterocycles. The molecule has 5 nitrogen and oxygen atoms in total. The highest BCUT2D eigenvalue weighted by Crippen LogP contribution is 2.24. The molecule has 0 unspecified atom stereocenters. The molecule has 31 heavy (non-hydrogen) atoms. The van der Waals surface area contributed by atoms with E-state index in [0.29, 0.717) is 5.92 Å². The van der Waals surface area contributed by atoms with Crippen LogP contribution in [-0.4, -0.2) is 18.2 Å². The highest BCUT2D eigenvalue weighted by atomic mass is 32.2. The molecule has 0 bridgehead atoms. The maximum atomic E-state index is 13.8. The summed E-state index contributed by atoms with van der Waals surface area (Å²) in [7, 11) is -4.00. The molecule has 2 aromatic carbocycles. The lowest BCUT2D eigenvalue weighted by atomic mass is 10.0. The first-order valence-corrected chi connectivity index (χ1v) is 10.6. The molecule has 0 fully saturated rings. The first kappa shape index (κ1) is 22.7. The van der Waals surface area contributed by atoms with Gasteiger partial charge in [0.15, 0.2) is 29.1 Å². The molecule has 11 heteroatoms. The fourth-order valence-electron chi connectivity index (χ4n) is 2.93. The number of rotatable bonds is 7. The minimum Gasteiger partial charge on any atom is -0.266 e. The molecule has 1 N–H and O–H groups in total. The van der Waals surface area contributed by atoms with E-state index in [1.165, 1.54) is 18.2 Å². The molecule has 0 radical (unpaired) electrons. The summed E-state index contributed by atoms with van der Waals surface area (Å²) in [6, 6.07) is 7.45. The van der Waals surface area contributed by atoms with Crippen LogP contribution in [0.5, 0.6) is 0 Å². The van der Waals surface area contributed by atoms with Crippen molar-refractivity contribution in [3.8, 4) is 0 Å². The van der Waals surface area contributed by atoms with Crippen molar-refractivity contribution in [2.24, 2.45) is 5.92 Å². The van der Waals surface area contributed by atoms with Gasteiger partial charge in [-0.25, -0.2) is 30.4 Å². The Morgan fingerprint density at radius 3 is 2.00 bits per heavy atom. The van der Waals surface area contributed by atoms with Crippen LogP contribution in [0.1, 0.15) is 25.0 Å². The molecule has 0 aliphatic heterocycles. The number of sulfonamides is 1. The maximum Gasteiger partial charge on any atom is 0.263 e. The van der Waals surface area contributed by atoms with Crippen molar-refractivity contribution < 1.29 is 30.4 Å². The Kier molecular flexibility index (Phi) is 6.35. The zero-order valence-electron chi connectivity index (χ0n) is 16.5. The van der Waals surface area contributed by atoms with Crippen LogP contribution in [0.4, 0.5) is 27.8 Å². The van der Waals surface area contributed by atoms with Gasteiger partial charge in [-0.1, -0.05) is 26.0 Å². The quantitative estimate of drug-likeness (QED) is 0.319. The van der Waals surface area contributed by atoms with Crippen LogP contribution in [0, 0.1) is 35.0 Å². The van der Waals surface area contributed by atoms with Gasteiger partial charge >= 0.3 is 0 Å². The summed E-state index contributed by atoms with van der Waals surface area (Å²) in [5.41, 5.74) is -0.115. The molecule has 0 spiro atoms. The Labute approximate surface area is 175 Å². The summed E-state index contributed by atoms with van der Waals surface area (Å²) in [6.07, 6.45) is 1.93. The van der Waals surface area contributed by atoms with Gasteiger partial charge in [0.2, 0.25) is 5.82 Å². The lowest BCUT2D eigenvalue weighted by Crippen LogP contribution is -2.15. The van der Waals surface area contributed by atoms with Crippen LogP contribution in [0.25, 0.3) is 0 Å². The van der Waals surface area contributed by atoms with Crippen LogP contribution in [0.2, 0.25) is 0 Å². The van der Waals surface area contributed by atoms with E-state index in [4.69, 9.17) is 0 Å². The summed E-state index contributed by atoms with van der Waals surface area (Å²) in [4.78, 5) is -0.0191. The number of hydrogen-bond acceptors (Lipinski definition) is 3. The number of aromatic nitrogens is 2. The van der Waals surface area contributed by atoms with E-state index < -0.39 is 51.2 Å². The Bertz CT molecular complexity index is 1180. The zero-order chi connectivity index (χ0) is 22.9. The van der Waals surface area contributed by atoms with E-state index >= 15 is 0 Å². The second kappa shape index (κ2) is 8.66. The molecule has 0 saturated heterocycles. The summed E-state index contributed by atoms with van der Waals surface area (Å²) in [6.45, 7) is 3.28. The van der Waals surface area contributed by atoms with E-state index in [9.17, 15) is 30.4 Å². The van der Waals surface area contributed by atoms with Gasteiger partial charge in [0.1, 0.15) is 0 Å². The molecule has 0 amide bonds. The van der Waals surface area contributed by atoms with E-state index in [0.717, 1.165) is 22.9 Å². The summed E-state index contributed by atoms with van der Waals surface area (Å²) >= 11 is 0. The summed E-state index contributed by atoms with van der Waals surface area (Å²) < 4.78 is 95.6. The van der Waals surface area contributed by atoms with Gasteiger partial charge in [0.05, 0.1) is 17.0 Å². The largest absolute Gasteiger partial charge is 0.266 e. The summed E-state index contributed by atoms with van der Waals surface area (Å²) in [5, 5.41) is 3.79. The van der Waals surface area contributed by atoms with E-state index in [1.54, 1.807) is 12.1 Å². The molecule has 0 atom stereocenters. The number of nitrogens with one attached hydrogen (secondary N) is 1. The fourth-order valence-corrected chi connectivity index (χ4v) is 3.92. The number of benzene rings is 2. The number of hydrogen-bond donors (Lipinski definition) is 1. The predicted molar refractivity (Wildman–Crippen MR) is 103 cm³/mol. The average Bonchev–Trinajstić information content (AvgIpc) is 3.14. The normalized spacial score (nSPS) is 11.9. The highest BCUT2D eigenvalue weighted by Gasteiger charge is 2.26. The number of nitrogens with zero attached hydrogens (tertiary/aromatic N) is 2. The van der Waals surface area contributed by atoms with Gasteiger partial charge in [0.25, 0.3) is 10.0 Å². The van der Waals surface area contributed by atoms with Crippen LogP contribution >= 0.6 is 0 Å². The maximum absolute atomic E-state index is 13.8. The Morgan fingerprint density at radius 1 is 0.903 bits per heavy atom. The Balaban J connectivity index is 1.79. The SMILES string of the molecule is CC(C)Cc1ccc(S(=O)(=O)Nc2ccn(Cc3c(F)c(F)c(F)c(F)c3F)n2)cc1. The van der Waals surface area contributed by atoms with Crippen molar-refractivity contribution in [1.82, 2.24) is 9.78 Å². The molecule has 0 aliphatic carbocycles. The third-order valence-corrected chi connectivity index (χ3v) is 5.75. The van der Waals surface area contributed by atoms with Crippen molar-refractivity contribution in [3.63, 3.8) is 0 Å². The first-order valence-electron chi connectivity index (χ1n) is 9.15. The topological polar surface area (TPSA) is 64.0 Å². The zero-order valence-corrected chi connectivity index (χ0v) is 17.3. The van der Waals surface area contributed by atoms with Crippen molar-refractivity contribution in [2.45, 2.75) is 31.7 Å². The van der Waals surface area contributed by atoms with Crippen molar-refractivity contribution in [1.29, 1.82) is 0 Å². The van der Waals surface area contributed by atoms with E-state index in [2.05, 4.69) is 9.82 Å². The molecule has 3 rings (SSSR count). The minimum absolute atomic E-state index is 0.0191. The monoisotopic (exact) mass is 459 g/mol. The molecule has 3 aromatic rings. The van der Waals surface area contributed by atoms with Crippen LogP contribution in [-0.2, 0) is 23.0 Å². The highest BCUT2D eigenvalue weighted by molar-refractivity contribution is 7.92. The van der Waals surface area contributed by atoms with Crippen LogP contribution in [0.3, 0.4) is 0 Å². The van der Waals surface area contributed by atoms with Crippen molar-refractivity contribution in [2.75, 3.05) is 4.72 Å². The minimum atomic E-state index is -4.00. The molecule has 0 saturated carbocycles. The standard InChI is InChI=1S/C20H18F5N3O2S/c1-11(2)9-12-3-5-13(6-4-12)31(29,30)27-15-7-8-28(26-15)10-14-16(21)18(23)20(25)19(24)17(14)22/h3-8,11H,9-10H2,1-2H3,(H,26,27). The van der Waals surface area contributed by atoms with Crippen molar-refractivity contribution in [3.05, 3.63) is 76.7 Å².